The highest BCUT2D eigenvalue weighted by molar-refractivity contribution is 6.30. The van der Waals surface area contributed by atoms with Crippen molar-refractivity contribution in [3.05, 3.63) is 135 Å². The maximum Gasteiger partial charge on any atom is 0.257 e. The van der Waals surface area contributed by atoms with Crippen LogP contribution in [-0.2, 0) is 40.0 Å². The Balaban J connectivity index is 1.15. The molecule has 5 aromatic heterocycles. The number of benzene rings is 2. The molecule has 2 atom stereocenters. The van der Waals surface area contributed by atoms with Crippen molar-refractivity contribution in [2.75, 3.05) is 0 Å². The molecule has 0 unspecified atom stereocenters. The molecule has 7 aromatic rings. The molecule has 2 aromatic carbocycles. The van der Waals surface area contributed by atoms with E-state index in [1.54, 1.807) is 27.7 Å². The Kier molecular flexibility index (Phi) is 11.1. The van der Waals surface area contributed by atoms with Gasteiger partial charge in [0.25, 0.3) is 5.88 Å². The van der Waals surface area contributed by atoms with Gasteiger partial charge in [-0.1, -0.05) is 47.5 Å². The Hall–Kier alpha value is -5.46. The van der Waals surface area contributed by atoms with E-state index in [9.17, 15) is 4.39 Å². The summed E-state index contributed by atoms with van der Waals surface area (Å²) in [7, 11) is 3.76. The van der Waals surface area contributed by atoms with Gasteiger partial charge in [0.15, 0.2) is 16.1 Å². The van der Waals surface area contributed by atoms with Crippen molar-refractivity contribution in [1.82, 2.24) is 44.1 Å². The van der Waals surface area contributed by atoms with E-state index in [0.29, 0.717) is 46.7 Å². The number of nitrogens with zero attached hydrogens (tertiary/aromatic N) is 9. The van der Waals surface area contributed by atoms with Crippen molar-refractivity contribution in [3.8, 4) is 34.1 Å². The van der Waals surface area contributed by atoms with Gasteiger partial charge < -0.3 is 9.47 Å². The lowest BCUT2D eigenvalue weighted by atomic mass is 9.96. The van der Waals surface area contributed by atoms with Crippen molar-refractivity contribution in [2.24, 2.45) is 14.1 Å². The largest absolute Gasteiger partial charge is 0.480 e. The van der Waals surface area contributed by atoms with Crippen LogP contribution in [0.3, 0.4) is 0 Å². The van der Waals surface area contributed by atoms with Crippen LogP contribution in [0.1, 0.15) is 73.3 Å². The first-order valence-corrected chi connectivity index (χ1v) is 18.9. The lowest BCUT2D eigenvalue weighted by Crippen LogP contribution is -2.10. The molecule has 0 aliphatic carbocycles. The monoisotopic (exact) mass is 781 g/mol. The highest BCUT2D eigenvalue weighted by Crippen LogP contribution is 2.39. The van der Waals surface area contributed by atoms with Crippen molar-refractivity contribution < 1.29 is 13.9 Å². The number of rotatable bonds is 14. The summed E-state index contributed by atoms with van der Waals surface area (Å²) in [6.07, 6.45) is 9.53. The zero-order valence-corrected chi connectivity index (χ0v) is 33.1. The molecule has 0 aliphatic rings. The van der Waals surface area contributed by atoms with Crippen LogP contribution < -0.4 is 9.47 Å². The quantitative estimate of drug-likeness (QED) is 0.108. The van der Waals surface area contributed by atoms with E-state index in [4.69, 9.17) is 42.9 Å². The van der Waals surface area contributed by atoms with Gasteiger partial charge in [0, 0.05) is 116 Å². The Morgan fingerprint density at radius 3 is 1.80 bits per heavy atom. The predicted molar refractivity (Wildman–Crippen MR) is 211 cm³/mol. The fraction of sp³-hybridized carbons (Fsp3) is 0.293. The highest BCUT2D eigenvalue weighted by atomic mass is 35.5. The van der Waals surface area contributed by atoms with Crippen molar-refractivity contribution in [2.45, 2.75) is 65.8 Å². The van der Waals surface area contributed by atoms with E-state index < -0.39 is 18.0 Å². The molecule has 55 heavy (non-hydrogen) atoms. The molecule has 0 radical (unpaired) electrons. The second-order valence-electron chi connectivity index (χ2n) is 13.5. The van der Waals surface area contributed by atoms with Gasteiger partial charge in [-0.3, -0.25) is 18.7 Å². The second-order valence-corrected chi connectivity index (χ2v) is 14.2. The van der Waals surface area contributed by atoms with Crippen LogP contribution in [0.2, 0.25) is 10.3 Å². The number of aromatic nitrogens is 9. The van der Waals surface area contributed by atoms with Gasteiger partial charge in [-0.15, -0.1) is 0 Å². The average molecular weight is 783 g/mol. The highest BCUT2D eigenvalue weighted by Gasteiger charge is 2.24. The number of hydrogen-bond donors (Lipinski definition) is 0. The maximum atomic E-state index is 14.9. The van der Waals surface area contributed by atoms with E-state index in [1.165, 1.54) is 12.1 Å². The van der Waals surface area contributed by atoms with E-state index >= 15 is 0 Å². The Bertz CT molecular complexity index is 2450. The van der Waals surface area contributed by atoms with Crippen LogP contribution in [-0.4, -0.2) is 44.1 Å². The van der Waals surface area contributed by atoms with Gasteiger partial charge >= 0.3 is 0 Å². The smallest absolute Gasteiger partial charge is 0.257 e. The number of halogens is 3. The molecule has 0 saturated carbocycles. The van der Waals surface area contributed by atoms with Gasteiger partial charge in [-0.25, -0.2) is 9.37 Å². The van der Waals surface area contributed by atoms with Crippen LogP contribution in [0, 0.1) is 5.82 Å². The summed E-state index contributed by atoms with van der Waals surface area (Å²) in [4.78, 5) is 4.55. The van der Waals surface area contributed by atoms with E-state index in [0.717, 1.165) is 51.2 Å². The molecule has 0 bridgehead atoms. The Morgan fingerprint density at radius 2 is 1.22 bits per heavy atom. The minimum absolute atomic E-state index is 0.274. The first-order valence-electron chi connectivity index (χ1n) is 18.2. The Morgan fingerprint density at radius 1 is 0.655 bits per heavy atom. The fourth-order valence-corrected chi connectivity index (χ4v) is 7.25. The number of ether oxygens (including phenoxy) is 2. The lowest BCUT2D eigenvalue weighted by Gasteiger charge is -2.22. The Labute approximate surface area is 329 Å². The number of pyridine rings is 1. The average Bonchev–Trinajstić information content (AvgIpc) is 3.94. The third-order valence-electron chi connectivity index (χ3n) is 9.48. The van der Waals surface area contributed by atoms with E-state index in [2.05, 4.69) is 15.2 Å². The third-order valence-corrected chi connectivity index (χ3v) is 10.1. The summed E-state index contributed by atoms with van der Waals surface area (Å²) in [5, 5.41) is 19.4. The van der Waals surface area contributed by atoms with E-state index in [1.807, 2.05) is 106 Å². The summed E-state index contributed by atoms with van der Waals surface area (Å²) in [6.45, 7) is 9.31. The molecule has 0 amide bonds. The van der Waals surface area contributed by atoms with Crippen LogP contribution in [0.15, 0.2) is 85.6 Å². The van der Waals surface area contributed by atoms with Gasteiger partial charge in [-0.2, -0.15) is 20.4 Å². The van der Waals surface area contributed by atoms with Crippen LogP contribution in [0.4, 0.5) is 4.39 Å². The SMILES string of the molecule is CCn1cc(Cc2cn(C)nc2-c2ccccc2[C@@H](C)Oc2cccnc2O[C@H](C)c2cc(F)ccc2-c2nn(C)cc2Cc2cn(CC)nc2Cl)c(Cl)n1. The molecule has 284 valence electrons. The van der Waals surface area contributed by atoms with Crippen molar-refractivity contribution in [3.63, 3.8) is 0 Å². The molecule has 0 fully saturated rings. The molecule has 5 heterocycles. The fourth-order valence-electron chi connectivity index (χ4n) is 6.83. The van der Waals surface area contributed by atoms with Crippen molar-refractivity contribution in [1.29, 1.82) is 0 Å². The standard InChI is InChI=1S/C41H42Cl2FN9O2/c1-7-52-23-29(39(42)48-52)18-27-21-50(5)46-37(27)33-13-10-9-12-32(33)25(3)54-36-14-11-17-45-41(36)55-26(4)35-20-31(44)15-16-34(35)38-28(22-51(6)47-38)19-30-24-53(8-2)49-40(30)43/h9-17,20-26H,7-8,18-19H2,1-6H3/t25-,26-/m1/s1. The van der Waals surface area contributed by atoms with Gasteiger partial charge in [0.1, 0.15) is 18.0 Å². The molecule has 7 rings (SSSR count). The van der Waals surface area contributed by atoms with E-state index in [-0.39, 0.29) is 5.88 Å². The molecule has 11 nitrogen and oxygen atoms in total. The van der Waals surface area contributed by atoms with Gasteiger partial charge in [-0.05, 0) is 58.0 Å². The predicted octanol–water partition coefficient (Wildman–Crippen LogP) is 9.22. The molecule has 0 aliphatic heterocycles. The first-order chi connectivity index (χ1) is 26.5. The minimum Gasteiger partial charge on any atom is -0.480 e. The second kappa shape index (κ2) is 16.1. The summed E-state index contributed by atoms with van der Waals surface area (Å²) >= 11 is 13.0. The third kappa shape index (κ3) is 8.16. The first kappa shape index (κ1) is 37.8. The molecular formula is C41H42Cl2FN9O2. The van der Waals surface area contributed by atoms with Crippen molar-refractivity contribution >= 4 is 23.2 Å². The minimum atomic E-state index is -0.633. The number of aryl methyl sites for hydroxylation is 4. The van der Waals surface area contributed by atoms with Crippen LogP contribution in [0.25, 0.3) is 22.5 Å². The molecule has 14 heteroatoms. The van der Waals surface area contributed by atoms with Gasteiger partial charge in [0.05, 0.1) is 11.4 Å². The summed E-state index contributed by atoms with van der Waals surface area (Å²) in [5.74, 6) is 0.323. The maximum absolute atomic E-state index is 14.9. The topological polar surface area (TPSA) is 103 Å². The molecule has 0 saturated heterocycles. The van der Waals surface area contributed by atoms with Crippen LogP contribution >= 0.6 is 23.2 Å². The number of hydrogen-bond acceptors (Lipinski definition) is 7. The summed E-state index contributed by atoms with van der Waals surface area (Å²) < 4.78 is 35.3. The summed E-state index contributed by atoms with van der Waals surface area (Å²) in [5.41, 5.74) is 8.49. The van der Waals surface area contributed by atoms with Gasteiger partial charge in [0.2, 0.25) is 0 Å². The van der Waals surface area contributed by atoms with Crippen LogP contribution in [0.5, 0.6) is 11.6 Å². The summed E-state index contributed by atoms with van der Waals surface area (Å²) in [6, 6.07) is 16.3. The lowest BCUT2D eigenvalue weighted by molar-refractivity contribution is 0.177. The molecule has 0 N–H and O–H groups in total. The normalized spacial score (nSPS) is 12.6. The zero-order valence-electron chi connectivity index (χ0n) is 31.5. The molecule has 0 spiro atoms. The molecular weight excluding hydrogens is 740 g/mol. The zero-order chi connectivity index (χ0) is 38.8.